The van der Waals surface area contributed by atoms with Gasteiger partial charge in [0.05, 0.1) is 29.0 Å². The largest absolute Gasteiger partial charge is 0.497 e. The van der Waals surface area contributed by atoms with E-state index >= 15 is 0 Å². The van der Waals surface area contributed by atoms with Crippen molar-refractivity contribution in [3.8, 4) is 11.6 Å². The first-order chi connectivity index (χ1) is 11.6. The van der Waals surface area contributed by atoms with Gasteiger partial charge in [0.1, 0.15) is 5.75 Å². The number of halogens is 1. The van der Waals surface area contributed by atoms with Crippen molar-refractivity contribution in [3.05, 3.63) is 41.0 Å². The number of pyridine rings is 1. The minimum Gasteiger partial charge on any atom is -0.497 e. The Kier molecular flexibility index (Phi) is 4.82. The molecule has 24 heavy (non-hydrogen) atoms. The molecule has 0 saturated carbocycles. The maximum absolute atomic E-state index is 12.4. The van der Waals surface area contributed by atoms with Gasteiger partial charge in [-0.25, -0.2) is 9.97 Å². The van der Waals surface area contributed by atoms with Gasteiger partial charge in [-0.2, -0.15) is 0 Å². The molecule has 2 heterocycles. The Hall–Kier alpha value is -2.38. The van der Waals surface area contributed by atoms with Gasteiger partial charge in [0.25, 0.3) is 5.91 Å². The van der Waals surface area contributed by atoms with Crippen LogP contribution < -0.4 is 14.8 Å². The highest BCUT2D eigenvalue weighted by atomic mass is 35.5. The van der Waals surface area contributed by atoms with Crippen LogP contribution in [0.4, 0.5) is 5.13 Å². The highest BCUT2D eigenvalue weighted by Crippen LogP contribution is 2.29. The molecular weight excluding hydrogens is 350 g/mol. The van der Waals surface area contributed by atoms with Crippen molar-refractivity contribution in [2.45, 2.75) is 6.92 Å². The first-order valence-electron chi connectivity index (χ1n) is 7.16. The van der Waals surface area contributed by atoms with Crippen molar-refractivity contribution in [3.63, 3.8) is 0 Å². The number of benzene rings is 1. The Morgan fingerprint density at radius 1 is 1.29 bits per heavy atom. The van der Waals surface area contributed by atoms with E-state index in [9.17, 15) is 4.79 Å². The summed E-state index contributed by atoms with van der Waals surface area (Å²) in [5.41, 5.74) is 0.873. The average molecular weight is 364 g/mol. The number of fused-ring (bicyclic) bond motifs is 1. The SMILES string of the molecule is CCOc1ccc(Cl)c(C(=O)Nc2nc3ccc(OC)cc3s2)n1. The number of aromatic nitrogens is 2. The monoisotopic (exact) mass is 363 g/mol. The van der Waals surface area contributed by atoms with Crippen molar-refractivity contribution < 1.29 is 14.3 Å². The topological polar surface area (TPSA) is 73.3 Å². The third kappa shape index (κ3) is 3.42. The van der Waals surface area contributed by atoms with Crippen molar-refractivity contribution >= 4 is 44.2 Å². The lowest BCUT2D eigenvalue weighted by Gasteiger charge is -2.06. The molecule has 3 rings (SSSR count). The van der Waals surface area contributed by atoms with Crippen LogP contribution in [0.3, 0.4) is 0 Å². The van der Waals surface area contributed by atoms with E-state index in [0.29, 0.717) is 17.6 Å². The number of amides is 1. The van der Waals surface area contributed by atoms with Crippen LogP contribution in [0.1, 0.15) is 17.4 Å². The third-order valence-electron chi connectivity index (χ3n) is 3.14. The molecule has 3 aromatic rings. The molecule has 0 aliphatic carbocycles. The second-order valence-electron chi connectivity index (χ2n) is 4.72. The number of carbonyl (C=O) groups excluding carboxylic acids is 1. The predicted molar refractivity (Wildman–Crippen MR) is 94.5 cm³/mol. The van der Waals surface area contributed by atoms with Crippen molar-refractivity contribution in [1.82, 2.24) is 9.97 Å². The van der Waals surface area contributed by atoms with Crippen LogP contribution in [0, 0.1) is 0 Å². The van der Waals surface area contributed by atoms with Crippen LogP contribution in [0.2, 0.25) is 5.02 Å². The van der Waals surface area contributed by atoms with Crippen LogP contribution in [0.15, 0.2) is 30.3 Å². The van der Waals surface area contributed by atoms with Crippen LogP contribution in [-0.4, -0.2) is 29.6 Å². The summed E-state index contributed by atoms with van der Waals surface area (Å²) in [6.07, 6.45) is 0. The third-order valence-corrected chi connectivity index (χ3v) is 4.38. The van der Waals surface area contributed by atoms with Crippen molar-refractivity contribution in [1.29, 1.82) is 0 Å². The summed E-state index contributed by atoms with van der Waals surface area (Å²) in [5, 5.41) is 3.43. The number of nitrogens with zero attached hydrogens (tertiary/aromatic N) is 2. The molecule has 1 N–H and O–H groups in total. The zero-order valence-electron chi connectivity index (χ0n) is 13.0. The van der Waals surface area contributed by atoms with E-state index in [4.69, 9.17) is 21.1 Å². The van der Waals surface area contributed by atoms with Crippen LogP contribution >= 0.6 is 22.9 Å². The lowest BCUT2D eigenvalue weighted by molar-refractivity contribution is 0.102. The Bertz CT molecular complexity index is 897. The van der Waals surface area contributed by atoms with Crippen LogP contribution in [-0.2, 0) is 0 Å². The number of methoxy groups -OCH3 is 1. The van der Waals surface area contributed by atoms with E-state index in [1.54, 1.807) is 19.2 Å². The second kappa shape index (κ2) is 7.02. The fourth-order valence-electron chi connectivity index (χ4n) is 2.05. The molecule has 0 aliphatic rings. The normalized spacial score (nSPS) is 10.6. The highest BCUT2D eigenvalue weighted by molar-refractivity contribution is 7.22. The van der Waals surface area contributed by atoms with Gasteiger partial charge < -0.3 is 9.47 Å². The van der Waals surface area contributed by atoms with E-state index in [1.165, 1.54) is 11.3 Å². The molecule has 0 bridgehead atoms. The summed E-state index contributed by atoms with van der Waals surface area (Å²) in [4.78, 5) is 20.9. The number of carbonyl (C=O) groups is 1. The highest BCUT2D eigenvalue weighted by Gasteiger charge is 2.16. The second-order valence-corrected chi connectivity index (χ2v) is 6.16. The number of ether oxygens (including phenoxy) is 2. The van der Waals surface area contributed by atoms with E-state index in [2.05, 4.69) is 15.3 Å². The number of hydrogen-bond donors (Lipinski definition) is 1. The maximum atomic E-state index is 12.4. The molecular formula is C16H14ClN3O3S. The first-order valence-corrected chi connectivity index (χ1v) is 8.35. The zero-order chi connectivity index (χ0) is 17.1. The smallest absolute Gasteiger partial charge is 0.277 e. The summed E-state index contributed by atoms with van der Waals surface area (Å²) in [7, 11) is 1.60. The fraction of sp³-hybridized carbons (Fsp3) is 0.188. The van der Waals surface area contributed by atoms with Crippen LogP contribution in [0.25, 0.3) is 10.2 Å². The fourth-order valence-corrected chi connectivity index (χ4v) is 3.13. The number of hydrogen-bond acceptors (Lipinski definition) is 6. The molecule has 0 unspecified atom stereocenters. The molecule has 8 heteroatoms. The molecule has 0 radical (unpaired) electrons. The lowest BCUT2D eigenvalue weighted by atomic mass is 10.3. The summed E-state index contributed by atoms with van der Waals surface area (Å²) in [5.74, 6) is 0.645. The number of rotatable bonds is 5. The summed E-state index contributed by atoms with van der Waals surface area (Å²) in [6.45, 7) is 2.29. The molecule has 6 nitrogen and oxygen atoms in total. The summed E-state index contributed by atoms with van der Waals surface area (Å²) in [6, 6.07) is 8.72. The van der Waals surface area contributed by atoms with E-state index < -0.39 is 5.91 Å². The predicted octanol–water partition coefficient (Wildman–Crippen LogP) is 4.00. The lowest BCUT2D eigenvalue weighted by Crippen LogP contribution is -2.14. The van der Waals surface area contributed by atoms with Gasteiger partial charge in [0, 0.05) is 6.07 Å². The maximum Gasteiger partial charge on any atom is 0.277 e. The van der Waals surface area contributed by atoms with E-state index in [0.717, 1.165) is 16.0 Å². The van der Waals surface area contributed by atoms with Gasteiger partial charge in [0.15, 0.2) is 10.8 Å². The Labute approximate surface area is 147 Å². The molecule has 1 amide bonds. The van der Waals surface area contributed by atoms with E-state index in [1.807, 2.05) is 25.1 Å². The molecule has 0 spiro atoms. The van der Waals surface area contributed by atoms with Gasteiger partial charge in [-0.15, -0.1) is 0 Å². The Morgan fingerprint density at radius 3 is 2.88 bits per heavy atom. The van der Waals surface area contributed by atoms with Crippen LogP contribution in [0.5, 0.6) is 11.6 Å². The van der Waals surface area contributed by atoms with Gasteiger partial charge in [0.2, 0.25) is 5.88 Å². The molecule has 0 saturated heterocycles. The van der Waals surface area contributed by atoms with Gasteiger partial charge in [-0.05, 0) is 31.2 Å². The van der Waals surface area contributed by atoms with Crippen molar-refractivity contribution in [2.75, 3.05) is 19.0 Å². The Morgan fingerprint density at radius 2 is 2.12 bits per heavy atom. The molecule has 124 valence electrons. The van der Waals surface area contributed by atoms with E-state index in [-0.39, 0.29) is 10.7 Å². The number of nitrogens with one attached hydrogen (secondary N) is 1. The standard InChI is InChI=1S/C16H14ClN3O3S/c1-3-23-13-7-5-10(17)14(19-13)15(21)20-16-18-11-6-4-9(22-2)8-12(11)24-16/h4-8H,3H2,1-2H3,(H,18,20,21). The summed E-state index contributed by atoms with van der Waals surface area (Å²) < 4.78 is 11.4. The van der Waals surface area contributed by atoms with Gasteiger partial charge >= 0.3 is 0 Å². The quantitative estimate of drug-likeness (QED) is 0.741. The minimum absolute atomic E-state index is 0.0967. The molecule has 0 aliphatic heterocycles. The van der Waals surface area contributed by atoms with Gasteiger partial charge in [-0.3, -0.25) is 10.1 Å². The Balaban J connectivity index is 1.85. The average Bonchev–Trinajstić information content (AvgIpc) is 2.97. The zero-order valence-corrected chi connectivity index (χ0v) is 14.6. The van der Waals surface area contributed by atoms with Crippen molar-refractivity contribution in [2.24, 2.45) is 0 Å². The summed E-state index contributed by atoms with van der Waals surface area (Å²) >= 11 is 7.41. The molecule has 0 atom stereocenters. The molecule has 0 fully saturated rings. The van der Waals surface area contributed by atoms with Gasteiger partial charge in [-0.1, -0.05) is 22.9 Å². The number of thiazole rings is 1. The molecule has 2 aromatic heterocycles. The molecule has 1 aromatic carbocycles. The minimum atomic E-state index is -0.437. The first kappa shape index (κ1) is 16.5. The number of anilines is 1.